The van der Waals surface area contributed by atoms with Gasteiger partial charge >= 0.3 is 11.9 Å². The van der Waals surface area contributed by atoms with E-state index in [0.717, 1.165) is 12.8 Å². The summed E-state index contributed by atoms with van der Waals surface area (Å²) in [7, 11) is 0. The summed E-state index contributed by atoms with van der Waals surface area (Å²) in [5, 5.41) is 0. The molecular formula is C14H26O6. The van der Waals surface area contributed by atoms with Crippen LogP contribution >= 0.6 is 0 Å². The van der Waals surface area contributed by atoms with Crippen LogP contribution in [0.3, 0.4) is 0 Å². The third kappa shape index (κ3) is 9.75. The Morgan fingerprint density at radius 3 is 2.20 bits per heavy atom. The Balaban J connectivity index is 4.21. The number of rotatable bonds is 8. The fourth-order valence-corrected chi connectivity index (χ4v) is 1.10. The topological polar surface area (TPSA) is 71.1 Å². The highest BCUT2D eigenvalue weighted by atomic mass is 17.2. The summed E-state index contributed by atoms with van der Waals surface area (Å²) in [6.07, 6.45) is 1.83. The van der Waals surface area contributed by atoms with Crippen molar-refractivity contribution in [2.45, 2.75) is 72.2 Å². The Morgan fingerprint density at radius 2 is 1.70 bits per heavy atom. The highest BCUT2D eigenvalue weighted by molar-refractivity contribution is 6.29. The van der Waals surface area contributed by atoms with Crippen molar-refractivity contribution in [1.29, 1.82) is 0 Å². The van der Waals surface area contributed by atoms with Gasteiger partial charge in [-0.1, -0.05) is 26.7 Å². The van der Waals surface area contributed by atoms with Gasteiger partial charge in [0.1, 0.15) is 0 Å². The van der Waals surface area contributed by atoms with Crippen LogP contribution in [0.4, 0.5) is 0 Å². The molecule has 0 saturated heterocycles. The molecule has 0 saturated carbocycles. The average molecular weight is 290 g/mol. The van der Waals surface area contributed by atoms with Crippen molar-refractivity contribution in [1.82, 2.24) is 0 Å². The van der Waals surface area contributed by atoms with Crippen molar-refractivity contribution in [3.8, 4) is 0 Å². The van der Waals surface area contributed by atoms with Gasteiger partial charge in [0, 0.05) is 6.42 Å². The molecule has 0 aliphatic rings. The van der Waals surface area contributed by atoms with E-state index in [2.05, 4.69) is 0 Å². The molecule has 0 heterocycles. The predicted octanol–water partition coefficient (Wildman–Crippen LogP) is 2.75. The Hall–Kier alpha value is -1.14. The molecule has 6 nitrogen and oxygen atoms in total. The van der Waals surface area contributed by atoms with Gasteiger partial charge in [-0.05, 0) is 27.2 Å². The molecule has 20 heavy (non-hydrogen) atoms. The maximum absolute atomic E-state index is 11.5. The number of hydrogen-bond donors (Lipinski definition) is 0. The molecule has 0 aromatic heterocycles. The first-order valence-electron chi connectivity index (χ1n) is 7.02. The molecule has 0 bridgehead atoms. The highest BCUT2D eigenvalue weighted by Crippen LogP contribution is 2.13. The number of carbonyl (C=O) groups is 2. The van der Waals surface area contributed by atoms with Crippen LogP contribution in [0.2, 0.25) is 0 Å². The van der Waals surface area contributed by atoms with E-state index in [1.165, 1.54) is 0 Å². The standard InChI is InChI=1S/C14H26O6/c1-6-8-10-17-12(15)13(16)18-11(9-7-2)19-20-14(3,4)5/h11H,6-10H2,1-5H3. The quantitative estimate of drug-likeness (QED) is 0.171. The van der Waals surface area contributed by atoms with Crippen molar-refractivity contribution in [3.63, 3.8) is 0 Å². The fourth-order valence-electron chi connectivity index (χ4n) is 1.10. The Labute approximate surface area is 120 Å². The molecule has 0 N–H and O–H groups in total. The maximum atomic E-state index is 11.5. The number of carbonyl (C=O) groups excluding carboxylic acids is 2. The van der Waals surface area contributed by atoms with Gasteiger partial charge in [-0.15, -0.1) is 0 Å². The zero-order valence-corrected chi connectivity index (χ0v) is 13.1. The second kappa shape index (κ2) is 9.72. The molecule has 0 radical (unpaired) electrons. The fraction of sp³-hybridized carbons (Fsp3) is 0.857. The van der Waals surface area contributed by atoms with Crippen LogP contribution in [0.1, 0.15) is 60.3 Å². The number of unbranched alkanes of at least 4 members (excludes halogenated alkanes) is 1. The summed E-state index contributed by atoms with van der Waals surface area (Å²) in [6, 6.07) is 0. The monoisotopic (exact) mass is 290 g/mol. The number of hydrogen-bond acceptors (Lipinski definition) is 6. The molecule has 0 spiro atoms. The zero-order valence-electron chi connectivity index (χ0n) is 13.1. The largest absolute Gasteiger partial charge is 0.457 e. The zero-order chi connectivity index (χ0) is 15.6. The summed E-state index contributed by atoms with van der Waals surface area (Å²) in [5.74, 6) is -2.06. The van der Waals surface area contributed by atoms with Crippen LogP contribution < -0.4 is 0 Å². The van der Waals surface area contributed by atoms with E-state index in [9.17, 15) is 9.59 Å². The van der Waals surface area contributed by atoms with E-state index in [0.29, 0.717) is 12.8 Å². The first-order chi connectivity index (χ1) is 9.30. The van der Waals surface area contributed by atoms with Gasteiger partial charge in [-0.25, -0.2) is 14.5 Å². The first kappa shape index (κ1) is 18.9. The second-order valence-corrected chi connectivity index (χ2v) is 5.40. The minimum absolute atomic E-state index is 0.211. The maximum Gasteiger partial charge on any atom is 0.419 e. The minimum Gasteiger partial charge on any atom is -0.457 e. The van der Waals surface area contributed by atoms with Crippen LogP contribution in [0.25, 0.3) is 0 Å². The van der Waals surface area contributed by atoms with Crippen LogP contribution in [-0.2, 0) is 28.8 Å². The number of esters is 2. The molecule has 6 heteroatoms. The van der Waals surface area contributed by atoms with Gasteiger partial charge in [-0.2, -0.15) is 4.89 Å². The Bertz CT molecular complexity index is 295. The summed E-state index contributed by atoms with van der Waals surface area (Å²) >= 11 is 0. The molecule has 0 amide bonds. The van der Waals surface area contributed by atoms with Crippen LogP contribution in [-0.4, -0.2) is 30.4 Å². The molecule has 0 fully saturated rings. The van der Waals surface area contributed by atoms with Gasteiger partial charge in [0.25, 0.3) is 0 Å². The lowest BCUT2D eigenvalue weighted by Crippen LogP contribution is -2.31. The lowest BCUT2D eigenvalue weighted by atomic mass is 10.2. The Morgan fingerprint density at radius 1 is 1.05 bits per heavy atom. The average Bonchev–Trinajstić information content (AvgIpc) is 2.35. The molecule has 118 valence electrons. The van der Waals surface area contributed by atoms with Crippen molar-refractivity contribution >= 4 is 11.9 Å². The summed E-state index contributed by atoms with van der Waals surface area (Å²) < 4.78 is 9.68. The van der Waals surface area contributed by atoms with E-state index in [4.69, 9.17) is 19.2 Å². The lowest BCUT2D eigenvalue weighted by Gasteiger charge is -2.22. The van der Waals surface area contributed by atoms with Gasteiger partial charge < -0.3 is 9.47 Å². The van der Waals surface area contributed by atoms with Crippen molar-refractivity contribution in [2.24, 2.45) is 0 Å². The minimum atomic E-state index is -1.06. The predicted molar refractivity (Wildman–Crippen MR) is 72.6 cm³/mol. The van der Waals surface area contributed by atoms with Crippen LogP contribution in [0, 0.1) is 0 Å². The number of ether oxygens (including phenoxy) is 2. The third-order valence-corrected chi connectivity index (χ3v) is 2.07. The van der Waals surface area contributed by atoms with Crippen molar-refractivity contribution in [3.05, 3.63) is 0 Å². The van der Waals surface area contributed by atoms with Gasteiger partial charge in [0.15, 0.2) is 0 Å². The van der Waals surface area contributed by atoms with E-state index in [1.54, 1.807) is 20.8 Å². The second-order valence-electron chi connectivity index (χ2n) is 5.40. The smallest absolute Gasteiger partial charge is 0.419 e. The van der Waals surface area contributed by atoms with Gasteiger partial charge in [-0.3, -0.25) is 0 Å². The molecule has 0 aliphatic heterocycles. The first-order valence-corrected chi connectivity index (χ1v) is 7.02. The molecule has 0 aliphatic carbocycles. The summed E-state index contributed by atoms with van der Waals surface area (Å²) in [4.78, 5) is 33.0. The van der Waals surface area contributed by atoms with Gasteiger partial charge in [0.05, 0.1) is 12.2 Å². The molecule has 1 unspecified atom stereocenters. The van der Waals surface area contributed by atoms with Crippen LogP contribution in [0.15, 0.2) is 0 Å². The van der Waals surface area contributed by atoms with E-state index >= 15 is 0 Å². The Kier molecular flexibility index (Phi) is 9.16. The molecule has 1 atom stereocenters. The third-order valence-electron chi connectivity index (χ3n) is 2.07. The molecular weight excluding hydrogens is 264 g/mol. The summed E-state index contributed by atoms with van der Waals surface area (Å²) in [5.41, 5.74) is -0.528. The lowest BCUT2D eigenvalue weighted by molar-refractivity contribution is -0.409. The van der Waals surface area contributed by atoms with E-state index in [-0.39, 0.29) is 6.61 Å². The van der Waals surface area contributed by atoms with Gasteiger partial charge in [0.2, 0.25) is 6.29 Å². The SMILES string of the molecule is CCCCOC(=O)C(=O)OC(CCC)OOC(C)(C)C. The highest BCUT2D eigenvalue weighted by Gasteiger charge is 2.24. The molecule has 0 aromatic rings. The summed E-state index contributed by atoms with van der Waals surface area (Å²) in [6.45, 7) is 9.48. The van der Waals surface area contributed by atoms with E-state index < -0.39 is 23.8 Å². The normalized spacial score (nSPS) is 12.8. The van der Waals surface area contributed by atoms with E-state index in [1.807, 2.05) is 13.8 Å². The molecule has 0 rings (SSSR count). The van der Waals surface area contributed by atoms with Crippen molar-refractivity contribution in [2.75, 3.05) is 6.61 Å². The van der Waals surface area contributed by atoms with Crippen LogP contribution in [0.5, 0.6) is 0 Å². The van der Waals surface area contributed by atoms with Crippen molar-refractivity contribution < 1.29 is 28.8 Å². The molecule has 0 aromatic carbocycles.